The molecule has 0 fully saturated rings. The zero-order valence-electron chi connectivity index (χ0n) is 7.15. The minimum absolute atomic E-state index is 0. The summed E-state index contributed by atoms with van der Waals surface area (Å²) < 4.78 is 0. The summed E-state index contributed by atoms with van der Waals surface area (Å²) in [6.45, 7) is 8.68. The summed E-state index contributed by atoms with van der Waals surface area (Å²) in [5, 5.41) is 0. The Kier molecular flexibility index (Phi) is 3.90. The molecule has 0 unspecified atom stereocenters. The Bertz CT molecular complexity index is 198. The van der Waals surface area contributed by atoms with Crippen molar-refractivity contribution in [1.82, 2.24) is 0 Å². The molecule has 0 saturated carbocycles. The largest absolute Gasteiger partial charge is 3.00 e. The zero-order valence-corrected chi connectivity index (χ0v) is 9.99. The third-order valence-electron chi connectivity index (χ3n) is 2.18. The second-order valence-corrected chi connectivity index (χ2v) is 2.76. The fourth-order valence-electron chi connectivity index (χ4n) is 1.13. The quantitative estimate of drug-likeness (QED) is 0.577. The first kappa shape index (κ1) is 10.5. The smallest absolute Gasteiger partial charge is 0.196 e. The van der Waals surface area contributed by atoms with Crippen molar-refractivity contribution in [2.75, 3.05) is 0 Å². The molecule has 0 saturated heterocycles. The summed E-state index contributed by atoms with van der Waals surface area (Å²) in [5.41, 5.74) is 5.75. The molecular weight excluding hydrogens is 197 g/mol. The average molecular weight is 210 g/mol. The molecule has 1 heteroatoms. The summed E-state index contributed by atoms with van der Waals surface area (Å²) in [7, 11) is 0. The van der Waals surface area contributed by atoms with Gasteiger partial charge in [0, 0.05) is 0 Å². The van der Waals surface area contributed by atoms with Gasteiger partial charge in [-0.25, -0.2) is 0 Å². The molecule has 0 aliphatic heterocycles. The van der Waals surface area contributed by atoms with Crippen molar-refractivity contribution < 1.29 is 32.7 Å². The van der Waals surface area contributed by atoms with E-state index in [1.165, 1.54) is 22.3 Å². The molecule has 0 heterocycles. The molecule has 0 aromatic heterocycles. The van der Waals surface area contributed by atoms with Crippen molar-refractivity contribution in [2.24, 2.45) is 0 Å². The molecule has 0 aliphatic carbocycles. The van der Waals surface area contributed by atoms with Crippen molar-refractivity contribution in [2.45, 2.75) is 27.7 Å². The molecule has 10 heavy (non-hydrogen) atoms. The van der Waals surface area contributed by atoms with Gasteiger partial charge >= 0.3 is 32.7 Å². The molecule has 1 aromatic carbocycles. The fraction of sp³-hybridized carbons (Fsp3) is 0.444. The van der Waals surface area contributed by atoms with Gasteiger partial charge in [0.25, 0.3) is 0 Å². The van der Waals surface area contributed by atoms with E-state index in [4.69, 9.17) is 0 Å². The van der Waals surface area contributed by atoms with Crippen LogP contribution in [0.1, 0.15) is 22.3 Å². The van der Waals surface area contributed by atoms with Crippen molar-refractivity contribution in [3.05, 3.63) is 28.3 Å². The molecule has 0 radical (unpaired) electrons. The molecule has 0 atom stereocenters. The Morgan fingerprint density at radius 1 is 0.800 bits per heavy atom. The molecule has 0 spiro atoms. The maximum atomic E-state index is 2.24. The first-order valence-corrected chi connectivity index (χ1v) is 3.33. The number of rotatable bonds is 0. The first-order valence-electron chi connectivity index (χ1n) is 3.33. The molecule has 1 aromatic rings. The van der Waals surface area contributed by atoms with Crippen LogP contribution in [-0.2, 0) is 32.7 Å². The van der Waals surface area contributed by atoms with Gasteiger partial charge < -0.3 is 0 Å². The maximum Gasteiger partial charge on any atom is 3.00 e. The third-order valence-corrected chi connectivity index (χ3v) is 2.18. The molecule has 0 aliphatic rings. The summed E-state index contributed by atoms with van der Waals surface area (Å²) in [6.07, 6.45) is 0. The van der Waals surface area contributed by atoms with Crippen molar-refractivity contribution in [3.63, 3.8) is 0 Å². The fourth-order valence-corrected chi connectivity index (χ4v) is 1.13. The van der Waals surface area contributed by atoms with E-state index in [0.717, 1.165) is 0 Å². The van der Waals surface area contributed by atoms with Gasteiger partial charge in [0.1, 0.15) is 0 Å². The Hall–Kier alpha value is 0.454. The van der Waals surface area contributed by atoms with E-state index in [1.807, 2.05) is 0 Å². The second-order valence-electron chi connectivity index (χ2n) is 2.76. The van der Waals surface area contributed by atoms with E-state index in [9.17, 15) is 0 Å². The van der Waals surface area contributed by atoms with Crippen molar-refractivity contribution in [3.8, 4) is 0 Å². The Balaban J connectivity index is 0.000000810. The summed E-state index contributed by atoms with van der Waals surface area (Å²) >= 11 is 0. The van der Waals surface area contributed by atoms with Crippen LogP contribution in [0.25, 0.3) is 0 Å². The molecule has 0 N–H and O–H groups in total. The van der Waals surface area contributed by atoms with Crippen LogP contribution in [0.2, 0.25) is 0 Å². The molecular formula is C9H13Y+2. The predicted octanol–water partition coefficient (Wildman–Crippen LogP) is 2.64. The van der Waals surface area contributed by atoms with Crippen LogP contribution < -0.4 is 0 Å². The molecule has 0 amide bonds. The Morgan fingerprint density at radius 2 is 1.10 bits per heavy atom. The van der Waals surface area contributed by atoms with Crippen LogP contribution in [0.15, 0.2) is 6.07 Å². The Labute approximate surface area is 88.3 Å². The normalized spacial score (nSPS) is 9.20. The topological polar surface area (TPSA) is 0 Å². The number of hydrogen-bond donors (Lipinski definition) is 0. The monoisotopic (exact) mass is 210 g/mol. The summed E-state index contributed by atoms with van der Waals surface area (Å²) in [4.78, 5) is 0. The SMILES string of the molecule is Cc1[cH-]c(C)c(C)c1C.[Y+3]. The second kappa shape index (κ2) is 3.73. The standard InChI is InChI=1S/C9H13.Y/c1-6-5-7(2)9(4)8(6)3;/h5H,1-4H3;/q-1;+3. The summed E-state index contributed by atoms with van der Waals surface area (Å²) in [5.74, 6) is 0. The van der Waals surface area contributed by atoms with E-state index >= 15 is 0 Å². The van der Waals surface area contributed by atoms with Gasteiger partial charge in [0.15, 0.2) is 0 Å². The van der Waals surface area contributed by atoms with Gasteiger partial charge in [0.2, 0.25) is 0 Å². The van der Waals surface area contributed by atoms with E-state index in [0.29, 0.717) is 0 Å². The summed E-state index contributed by atoms with van der Waals surface area (Å²) in [6, 6.07) is 2.24. The maximum absolute atomic E-state index is 2.24. The van der Waals surface area contributed by atoms with Crippen LogP contribution in [0.5, 0.6) is 0 Å². The third kappa shape index (κ3) is 1.73. The van der Waals surface area contributed by atoms with Crippen LogP contribution in [0, 0.1) is 27.7 Å². The predicted molar refractivity (Wildman–Crippen MR) is 41.0 cm³/mol. The Morgan fingerprint density at radius 3 is 1.20 bits per heavy atom. The van der Waals surface area contributed by atoms with Gasteiger partial charge in [-0.2, -0.15) is 28.3 Å². The van der Waals surface area contributed by atoms with Crippen molar-refractivity contribution in [1.29, 1.82) is 0 Å². The van der Waals surface area contributed by atoms with Gasteiger partial charge in [-0.15, -0.1) is 0 Å². The van der Waals surface area contributed by atoms with Crippen LogP contribution in [0.4, 0.5) is 0 Å². The minimum Gasteiger partial charge on any atom is -0.196 e. The molecule has 1 rings (SSSR count). The van der Waals surface area contributed by atoms with Gasteiger partial charge in [-0.3, -0.25) is 0 Å². The van der Waals surface area contributed by atoms with E-state index in [1.54, 1.807) is 0 Å². The molecule has 0 nitrogen and oxygen atoms in total. The van der Waals surface area contributed by atoms with Crippen molar-refractivity contribution >= 4 is 0 Å². The van der Waals surface area contributed by atoms with Gasteiger partial charge in [-0.05, 0) is 0 Å². The number of aryl methyl sites for hydroxylation is 2. The van der Waals surface area contributed by atoms with E-state index < -0.39 is 0 Å². The van der Waals surface area contributed by atoms with Gasteiger partial charge in [0.05, 0.1) is 0 Å². The van der Waals surface area contributed by atoms with E-state index in [2.05, 4.69) is 33.8 Å². The minimum atomic E-state index is 0. The van der Waals surface area contributed by atoms with Gasteiger partial charge in [-0.1, -0.05) is 27.7 Å². The van der Waals surface area contributed by atoms with Crippen LogP contribution in [0.3, 0.4) is 0 Å². The zero-order chi connectivity index (χ0) is 7.02. The average Bonchev–Trinajstić information content (AvgIpc) is 1.98. The van der Waals surface area contributed by atoms with E-state index in [-0.39, 0.29) is 32.7 Å². The molecule has 50 valence electrons. The van der Waals surface area contributed by atoms with Crippen LogP contribution in [-0.4, -0.2) is 0 Å². The first-order chi connectivity index (χ1) is 4.13. The number of hydrogen-bond acceptors (Lipinski definition) is 0. The van der Waals surface area contributed by atoms with Crippen LogP contribution >= 0.6 is 0 Å². The molecule has 0 bridgehead atoms.